The van der Waals surface area contributed by atoms with Gasteiger partial charge in [-0.15, -0.1) is 0 Å². The van der Waals surface area contributed by atoms with Gasteiger partial charge in [-0.05, 0) is 63.5 Å². The molecule has 19 heavy (non-hydrogen) atoms. The first-order chi connectivity index (χ1) is 9.29. The second kappa shape index (κ2) is 7.51. The molecule has 0 radical (unpaired) electrons. The maximum absolute atomic E-state index is 6.27. The Balaban J connectivity index is 1.79. The first-order valence-corrected chi connectivity index (χ1v) is 7.50. The average molecular weight is 262 g/mol. The van der Waals surface area contributed by atoms with Gasteiger partial charge in [-0.25, -0.2) is 0 Å². The lowest BCUT2D eigenvalue weighted by atomic mass is 10.0. The minimum Gasteiger partial charge on any atom is -0.494 e. The molecule has 2 rings (SSSR count). The first-order valence-electron chi connectivity index (χ1n) is 7.50. The molecule has 0 aliphatic carbocycles. The molecule has 1 atom stereocenters. The van der Waals surface area contributed by atoms with E-state index in [2.05, 4.69) is 17.0 Å². The highest BCUT2D eigenvalue weighted by molar-refractivity contribution is 5.29. The number of nitrogens with two attached hydrogens (primary N) is 1. The van der Waals surface area contributed by atoms with E-state index in [1.807, 2.05) is 19.1 Å². The van der Waals surface area contributed by atoms with Crippen LogP contribution in [0.4, 0.5) is 0 Å². The van der Waals surface area contributed by atoms with E-state index in [0.717, 1.165) is 18.7 Å². The molecule has 106 valence electrons. The standard InChI is InChI=1S/C16H26N2O/c1-2-19-15-8-6-14(7-9-15)16(17)10-13-18-11-4-3-5-12-18/h6-9,16H,2-5,10-13,17H2,1H3. The van der Waals surface area contributed by atoms with E-state index in [9.17, 15) is 0 Å². The Hall–Kier alpha value is -1.06. The van der Waals surface area contributed by atoms with Crippen LogP contribution in [0.5, 0.6) is 5.75 Å². The molecule has 2 N–H and O–H groups in total. The van der Waals surface area contributed by atoms with Gasteiger partial charge in [0.05, 0.1) is 6.61 Å². The molecule has 0 amide bonds. The Kier molecular flexibility index (Phi) is 5.67. The van der Waals surface area contributed by atoms with E-state index in [1.165, 1.54) is 37.9 Å². The zero-order chi connectivity index (χ0) is 13.5. The number of likely N-dealkylation sites (tertiary alicyclic amines) is 1. The fourth-order valence-electron chi connectivity index (χ4n) is 2.65. The number of benzene rings is 1. The Morgan fingerprint density at radius 1 is 1.16 bits per heavy atom. The maximum Gasteiger partial charge on any atom is 0.119 e. The highest BCUT2D eigenvalue weighted by atomic mass is 16.5. The summed E-state index contributed by atoms with van der Waals surface area (Å²) in [6.07, 6.45) is 5.12. The highest BCUT2D eigenvalue weighted by Gasteiger charge is 2.12. The van der Waals surface area contributed by atoms with Crippen molar-refractivity contribution >= 4 is 0 Å². The van der Waals surface area contributed by atoms with Crippen LogP contribution in [-0.2, 0) is 0 Å². The van der Waals surface area contributed by atoms with Crippen molar-refractivity contribution in [1.82, 2.24) is 4.90 Å². The fourth-order valence-corrected chi connectivity index (χ4v) is 2.65. The van der Waals surface area contributed by atoms with Gasteiger partial charge in [-0.3, -0.25) is 0 Å². The SMILES string of the molecule is CCOc1ccc(C(N)CCN2CCCCC2)cc1. The van der Waals surface area contributed by atoms with Crippen molar-refractivity contribution in [3.05, 3.63) is 29.8 Å². The molecule has 3 nitrogen and oxygen atoms in total. The summed E-state index contributed by atoms with van der Waals surface area (Å²) in [5.74, 6) is 0.925. The lowest BCUT2D eigenvalue weighted by Gasteiger charge is -2.27. The summed E-state index contributed by atoms with van der Waals surface area (Å²) in [4.78, 5) is 2.54. The van der Waals surface area contributed by atoms with Crippen molar-refractivity contribution in [2.24, 2.45) is 5.73 Å². The molecule has 1 aromatic carbocycles. The van der Waals surface area contributed by atoms with Crippen molar-refractivity contribution in [2.45, 2.75) is 38.6 Å². The summed E-state index contributed by atoms with van der Waals surface area (Å²) >= 11 is 0. The number of piperidine rings is 1. The summed E-state index contributed by atoms with van der Waals surface area (Å²) in [5, 5.41) is 0. The van der Waals surface area contributed by atoms with E-state index in [1.54, 1.807) is 0 Å². The summed E-state index contributed by atoms with van der Waals surface area (Å²) in [7, 11) is 0. The molecule has 1 aliphatic rings. The van der Waals surface area contributed by atoms with Crippen molar-refractivity contribution in [3.63, 3.8) is 0 Å². The van der Waals surface area contributed by atoms with Crippen LogP contribution in [-0.4, -0.2) is 31.1 Å². The van der Waals surface area contributed by atoms with Gasteiger partial charge >= 0.3 is 0 Å². The number of hydrogen-bond donors (Lipinski definition) is 1. The molecule has 0 spiro atoms. The number of ether oxygens (including phenoxy) is 1. The van der Waals surface area contributed by atoms with E-state index >= 15 is 0 Å². The Morgan fingerprint density at radius 2 is 1.84 bits per heavy atom. The number of hydrogen-bond acceptors (Lipinski definition) is 3. The highest BCUT2D eigenvalue weighted by Crippen LogP contribution is 2.19. The Labute approximate surface area is 116 Å². The summed E-state index contributed by atoms with van der Waals surface area (Å²) in [5.41, 5.74) is 7.48. The van der Waals surface area contributed by atoms with Crippen LogP contribution in [0.25, 0.3) is 0 Å². The normalized spacial score (nSPS) is 18.2. The molecule has 3 heteroatoms. The zero-order valence-electron chi connectivity index (χ0n) is 12.0. The monoisotopic (exact) mass is 262 g/mol. The van der Waals surface area contributed by atoms with Crippen molar-refractivity contribution in [3.8, 4) is 5.75 Å². The van der Waals surface area contributed by atoms with Gasteiger partial charge in [0, 0.05) is 6.04 Å². The van der Waals surface area contributed by atoms with Crippen LogP contribution in [0.3, 0.4) is 0 Å². The van der Waals surface area contributed by atoms with Gasteiger partial charge in [0.15, 0.2) is 0 Å². The predicted octanol–water partition coefficient (Wildman–Crippen LogP) is 2.96. The molecule has 1 aromatic rings. The molecule has 1 saturated heterocycles. The van der Waals surface area contributed by atoms with Crippen LogP contribution < -0.4 is 10.5 Å². The minimum atomic E-state index is 0.137. The summed E-state index contributed by atoms with van der Waals surface area (Å²) in [6, 6.07) is 8.34. The van der Waals surface area contributed by atoms with E-state index in [-0.39, 0.29) is 6.04 Å². The second-order valence-electron chi connectivity index (χ2n) is 5.30. The third kappa shape index (κ3) is 4.51. The Bertz CT molecular complexity index is 358. The second-order valence-corrected chi connectivity index (χ2v) is 5.30. The molecule has 1 aliphatic heterocycles. The average Bonchev–Trinajstić information content (AvgIpc) is 2.47. The summed E-state index contributed by atoms with van der Waals surface area (Å²) < 4.78 is 5.45. The van der Waals surface area contributed by atoms with Gasteiger partial charge in [-0.1, -0.05) is 18.6 Å². The summed E-state index contributed by atoms with van der Waals surface area (Å²) in [6.45, 7) is 6.32. The minimum absolute atomic E-state index is 0.137. The van der Waals surface area contributed by atoms with Crippen LogP contribution in [0.1, 0.15) is 44.2 Å². The van der Waals surface area contributed by atoms with Crippen LogP contribution in [0.15, 0.2) is 24.3 Å². The number of nitrogens with zero attached hydrogens (tertiary/aromatic N) is 1. The molecule has 0 bridgehead atoms. The molecule has 0 aromatic heterocycles. The molecule has 1 fully saturated rings. The third-order valence-corrected chi connectivity index (χ3v) is 3.82. The van der Waals surface area contributed by atoms with Crippen molar-refractivity contribution in [1.29, 1.82) is 0 Å². The largest absolute Gasteiger partial charge is 0.494 e. The van der Waals surface area contributed by atoms with Crippen molar-refractivity contribution < 1.29 is 4.74 Å². The van der Waals surface area contributed by atoms with E-state index in [0.29, 0.717) is 6.61 Å². The van der Waals surface area contributed by atoms with Crippen LogP contribution >= 0.6 is 0 Å². The van der Waals surface area contributed by atoms with Crippen LogP contribution in [0.2, 0.25) is 0 Å². The topological polar surface area (TPSA) is 38.5 Å². The molecular formula is C16H26N2O. The molecular weight excluding hydrogens is 236 g/mol. The zero-order valence-corrected chi connectivity index (χ0v) is 12.0. The maximum atomic E-state index is 6.27. The third-order valence-electron chi connectivity index (χ3n) is 3.82. The van der Waals surface area contributed by atoms with Gasteiger partial charge in [0.25, 0.3) is 0 Å². The smallest absolute Gasteiger partial charge is 0.119 e. The van der Waals surface area contributed by atoms with Gasteiger partial charge in [-0.2, -0.15) is 0 Å². The fraction of sp³-hybridized carbons (Fsp3) is 0.625. The first kappa shape index (κ1) is 14.4. The van der Waals surface area contributed by atoms with E-state index in [4.69, 9.17) is 10.5 Å². The van der Waals surface area contributed by atoms with Gasteiger partial charge in [0.2, 0.25) is 0 Å². The molecule has 0 saturated carbocycles. The lowest BCUT2D eigenvalue weighted by molar-refractivity contribution is 0.221. The lowest BCUT2D eigenvalue weighted by Crippen LogP contribution is -2.32. The van der Waals surface area contributed by atoms with Crippen LogP contribution in [0, 0.1) is 0 Å². The Morgan fingerprint density at radius 3 is 2.47 bits per heavy atom. The van der Waals surface area contributed by atoms with Gasteiger partial charge in [0.1, 0.15) is 5.75 Å². The quantitative estimate of drug-likeness (QED) is 0.856. The number of rotatable bonds is 6. The molecule has 1 unspecified atom stereocenters. The van der Waals surface area contributed by atoms with Crippen molar-refractivity contribution in [2.75, 3.05) is 26.2 Å². The molecule has 1 heterocycles. The van der Waals surface area contributed by atoms with E-state index < -0.39 is 0 Å². The van der Waals surface area contributed by atoms with Gasteiger partial charge < -0.3 is 15.4 Å². The predicted molar refractivity (Wildman–Crippen MR) is 79.4 cm³/mol.